The number of imidazole rings is 1. The molecule has 1 N–H and O–H groups in total. The Kier molecular flexibility index (Phi) is 3.36. The summed E-state index contributed by atoms with van der Waals surface area (Å²) in [6.07, 6.45) is -4.02. The minimum atomic E-state index is -4.60. The number of halogens is 3. The van der Waals surface area contributed by atoms with Crippen LogP contribution in [0.4, 0.5) is 13.2 Å². The molecule has 5 nitrogen and oxygen atoms in total. The predicted molar refractivity (Wildman–Crippen MR) is 60.9 cm³/mol. The van der Waals surface area contributed by atoms with Gasteiger partial charge in [0.1, 0.15) is 5.65 Å². The van der Waals surface area contributed by atoms with Crippen LogP contribution >= 0.6 is 0 Å². The summed E-state index contributed by atoms with van der Waals surface area (Å²) in [7, 11) is 0. The minimum Gasteiger partial charge on any atom is -0.481 e. The molecule has 0 radical (unpaired) electrons. The van der Waals surface area contributed by atoms with Gasteiger partial charge in [-0.05, 0) is 12.1 Å². The number of nitriles is 1. The molecular formula is C12H8F3N3O2. The number of carboxylic acid groups (broad SMARTS) is 1. The number of hydrogen-bond acceptors (Lipinski definition) is 3. The van der Waals surface area contributed by atoms with Crippen LogP contribution < -0.4 is 0 Å². The van der Waals surface area contributed by atoms with Gasteiger partial charge in [-0.15, -0.1) is 0 Å². The van der Waals surface area contributed by atoms with Crippen molar-refractivity contribution in [1.82, 2.24) is 9.38 Å². The monoisotopic (exact) mass is 283 g/mol. The molecule has 0 aliphatic heterocycles. The maximum absolute atomic E-state index is 12.9. The van der Waals surface area contributed by atoms with Crippen LogP contribution in [0, 0.1) is 11.3 Å². The van der Waals surface area contributed by atoms with Gasteiger partial charge in [-0.1, -0.05) is 0 Å². The van der Waals surface area contributed by atoms with Crippen LogP contribution in [-0.4, -0.2) is 20.5 Å². The molecule has 8 heteroatoms. The van der Waals surface area contributed by atoms with Crippen LogP contribution in [0.15, 0.2) is 18.3 Å². The van der Waals surface area contributed by atoms with E-state index >= 15 is 0 Å². The number of carboxylic acids is 1. The number of carbonyl (C=O) groups is 1. The van der Waals surface area contributed by atoms with Gasteiger partial charge >= 0.3 is 12.1 Å². The maximum Gasteiger partial charge on any atom is 0.419 e. The Morgan fingerprint density at radius 3 is 2.75 bits per heavy atom. The summed E-state index contributed by atoms with van der Waals surface area (Å²) in [4.78, 5) is 14.5. The lowest BCUT2D eigenvalue weighted by molar-refractivity contribution is -0.137. The third-order valence-electron chi connectivity index (χ3n) is 2.70. The standard InChI is InChI=1S/C12H8F3N3O2/c13-12(14,15)7-2-1-5-18-9(3-4-16)8(6-10(19)20)17-11(7)18/h1-2,5H,3,6H2,(H,19,20). The van der Waals surface area contributed by atoms with Crippen molar-refractivity contribution < 1.29 is 23.1 Å². The molecule has 0 spiro atoms. The molecule has 0 aliphatic carbocycles. The van der Waals surface area contributed by atoms with Crippen LogP contribution in [0.3, 0.4) is 0 Å². The van der Waals surface area contributed by atoms with Crippen molar-refractivity contribution in [3.8, 4) is 6.07 Å². The Bertz CT molecular complexity index is 713. The Morgan fingerprint density at radius 2 is 2.20 bits per heavy atom. The Morgan fingerprint density at radius 1 is 1.50 bits per heavy atom. The third kappa shape index (κ3) is 2.42. The van der Waals surface area contributed by atoms with Gasteiger partial charge in [0.25, 0.3) is 0 Å². The maximum atomic E-state index is 12.9. The fourth-order valence-corrected chi connectivity index (χ4v) is 1.93. The summed E-state index contributed by atoms with van der Waals surface area (Å²) in [5.74, 6) is -1.22. The van der Waals surface area contributed by atoms with Crippen LogP contribution in [-0.2, 0) is 23.8 Å². The molecule has 2 aromatic rings. The first-order valence-corrected chi connectivity index (χ1v) is 5.49. The third-order valence-corrected chi connectivity index (χ3v) is 2.70. The van der Waals surface area contributed by atoms with Crippen molar-refractivity contribution in [2.75, 3.05) is 0 Å². The smallest absolute Gasteiger partial charge is 0.419 e. The number of rotatable bonds is 3. The molecule has 0 atom stereocenters. The number of aliphatic carboxylic acids is 1. The van der Waals surface area contributed by atoms with E-state index in [2.05, 4.69) is 4.98 Å². The minimum absolute atomic E-state index is 0.0317. The fourth-order valence-electron chi connectivity index (χ4n) is 1.93. The van der Waals surface area contributed by atoms with Crippen molar-refractivity contribution >= 4 is 11.6 Å². The van der Waals surface area contributed by atoms with E-state index in [1.54, 1.807) is 6.07 Å². The van der Waals surface area contributed by atoms with E-state index in [9.17, 15) is 18.0 Å². The topological polar surface area (TPSA) is 78.4 Å². The molecule has 104 valence electrons. The van der Waals surface area contributed by atoms with E-state index in [-0.39, 0.29) is 23.5 Å². The van der Waals surface area contributed by atoms with Crippen molar-refractivity contribution in [2.24, 2.45) is 0 Å². The largest absolute Gasteiger partial charge is 0.481 e. The number of hydrogen-bond donors (Lipinski definition) is 1. The second-order valence-electron chi connectivity index (χ2n) is 4.02. The van der Waals surface area contributed by atoms with Crippen molar-refractivity contribution in [2.45, 2.75) is 19.0 Å². The second-order valence-corrected chi connectivity index (χ2v) is 4.02. The van der Waals surface area contributed by atoms with E-state index in [0.29, 0.717) is 0 Å². The highest BCUT2D eigenvalue weighted by Gasteiger charge is 2.34. The SMILES string of the molecule is N#CCc1c(CC(=O)O)nc2c(C(F)(F)F)cccn12. The van der Waals surface area contributed by atoms with Gasteiger partial charge in [0.05, 0.1) is 35.9 Å². The summed E-state index contributed by atoms with van der Waals surface area (Å²) in [5.41, 5.74) is -1.22. The number of alkyl halides is 3. The lowest BCUT2D eigenvalue weighted by Crippen LogP contribution is -2.07. The van der Waals surface area contributed by atoms with Crippen molar-refractivity contribution in [3.05, 3.63) is 35.3 Å². The van der Waals surface area contributed by atoms with Gasteiger partial charge in [-0.3, -0.25) is 4.79 Å². The van der Waals surface area contributed by atoms with E-state index in [4.69, 9.17) is 10.4 Å². The molecule has 2 aromatic heterocycles. The van der Waals surface area contributed by atoms with Gasteiger partial charge < -0.3 is 9.51 Å². The highest BCUT2D eigenvalue weighted by molar-refractivity contribution is 5.71. The molecule has 20 heavy (non-hydrogen) atoms. The average molecular weight is 283 g/mol. The van der Waals surface area contributed by atoms with E-state index in [1.165, 1.54) is 12.3 Å². The van der Waals surface area contributed by atoms with Crippen LogP contribution in [0.2, 0.25) is 0 Å². The van der Waals surface area contributed by atoms with Gasteiger partial charge in [0, 0.05) is 6.20 Å². The predicted octanol–water partition coefficient (Wildman–Crippen LogP) is 2.05. The summed E-state index contributed by atoms with van der Waals surface area (Å²) in [6.45, 7) is 0. The lowest BCUT2D eigenvalue weighted by atomic mass is 10.2. The van der Waals surface area contributed by atoms with E-state index < -0.39 is 24.1 Å². The van der Waals surface area contributed by atoms with Crippen molar-refractivity contribution in [3.63, 3.8) is 0 Å². The van der Waals surface area contributed by atoms with Gasteiger partial charge in [-0.25, -0.2) is 4.98 Å². The molecule has 0 aliphatic rings. The zero-order valence-electron chi connectivity index (χ0n) is 9.98. The Balaban J connectivity index is 2.73. The number of pyridine rings is 1. The average Bonchev–Trinajstić information content (AvgIpc) is 2.65. The molecule has 0 fully saturated rings. The number of aromatic nitrogens is 2. The zero-order valence-corrected chi connectivity index (χ0v) is 9.98. The highest BCUT2D eigenvalue weighted by Crippen LogP contribution is 2.32. The first-order valence-electron chi connectivity index (χ1n) is 5.49. The summed E-state index contributed by atoms with van der Waals surface area (Å²) < 4.78 is 39.7. The van der Waals surface area contributed by atoms with Crippen LogP contribution in [0.5, 0.6) is 0 Å². The van der Waals surface area contributed by atoms with Crippen molar-refractivity contribution in [1.29, 1.82) is 5.26 Å². The Hall–Kier alpha value is -2.56. The molecule has 0 unspecified atom stereocenters. The van der Waals surface area contributed by atoms with Gasteiger partial charge in [-0.2, -0.15) is 18.4 Å². The molecule has 2 heterocycles. The highest BCUT2D eigenvalue weighted by atomic mass is 19.4. The summed E-state index contributed by atoms with van der Waals surface area (Å²) in [5, 5.41) is 17.5. The molecule has 2 rings (SSSR count). The molecule has 0 bridgehead atoms. The Labute approximate surface area is 110 Å². The molecule has 0 aromatic carbocycles. The summed E-state index contributed by atoms with van der Waals surface area (Å²) >= 11 is 0. The van der Waals surface area contributed by atoms with Crippen LogP contribution in [0.25, 0.3) is 5.65 Å². The lowest BCUT2D eigenvalue weighted by Gasteiger charge is -2.07. The fraction of sp³-hybridized carbons (Fsp3) is 0.250. The summed E-state index contributed by atoms with van der Waals surface area (Å²) in [6, 6.07) is 3.85. The first kappa shape index (κ1) is 13.9. The number of nitrogens with zero attached hydrogens (tertiary/aromatic N) is 3. The molecule has 0 saturated carbocycles. The normalized spacial score (nSPS) is 11.5. The zero-order chi connectivity index (χ0) is 14.9. The molecular weight excluding hydrogens is 275 g/mol. The quantitative estimate of drug-likeness (QED) is 0.935. The number of fused-ring (bicyclic) bond motifs is 1. The molecule has 0 saturated heterocycles. The van der Waals surface area contributed by atoms with E-state index in [0.717, 1.165) is 10.5 Å². The molecule has 0 amide bonds. The van der Waals surface area contributed by atoms with Crippen LogP contribution in [0.1, 0.15) is 17.0 Å². The van der Waals surface area contributed by atoms with E-state index in [1.807, 2.05) is 0 Å². The second kappa shape index (κ2) is 4.85. The first-order chi connectivity index (χ1) is 9.34. The van der Waals surface area contributed by atoms with Gasteiger partial charge in [0.2, 0.25) is 0 Å². The van der Waals surface area contributed by atoms with Gasteiger partial charge in [0.15, 0.2) is 0 Å².